The number of rotatable bonds is 8. The second-order valence-electron chi connectivity index (χ2n) is 4.61. The van der Waals surface area contributed by atoms with Crippen molar-refractivity contribution in [2.24, 2.45) is 0 Å². The van der Waals surface area contributed by atoms with Crippen LogP contribution in [-0.2, 0) is 6.42 Å². The number of hydrogen-bond donors (Lipinski definition) is 1. The molecule has 0 saturated carbocycles. The fourth-order valence-electron chi connectivity index (χ4n) is 2.08. The van der Waals surface area contributed by atoms with Crippen LogP contribution >= 0.6 is 11.6 Å². The predicted molar refractivity (Wildman–Crippen MR) is 76.8 cm³/mol. The summed E-state index contributed by atoms with van der Waals surface area (Å²) in [5.74, 6) is 0. The van der Waals surface area contributed by atoms with E-state index in [1.54, 1.807) is 0 Å². The molecule has 2 heteroatoms. The third-order valence-electron chi connectivity index (χ3n) is 2.99. The number of hydrogen-bond acceptors (Lipinski definition) is 1. The van der Waals surface area contributed by atoms with Crippen LogP contribution in [0.15, 0.2) is 24.3 Å². The summed E-state index contributed by atoms with van der Waals surface area (Å²) in [7, 11) is 0. The lowest BCUT2D eigenvalue weighted by Gasteiger charge is -2.17. The van der Waals surface area contributed by atoms with E-state index < -0.39 is 0 Å². The van der Waals surface area contributed by atoms with Crippen LogP contribution < -0.4 is 5.32 Å². The summed E-state index contributed by atoms with van der Waals surface area (Å²) in [5, 5.41) is 4.47. The highest BCUT2D eigenvalue weighted by Gasteiger charge is 2.06. The SMILES string of the molecule is CCCNC(CCC)CCc1cccc(Cl)c1. The minimum Gasteiger partial charge on any atom is -0.314 e. The van der Waals surface area contributed by atoms with E-state index in [-0.39, 0.29) is 0 Å². The standard InChI is InChI=1S/C15H24ClN/c1-3-6-15(17-11-4-2)10-9-13-7-5-8-14(16)12-13/h5,7-8,12,15,17H,3-4,6,9-11H2,1-2H3. The molecular weight excluding hydrogens is 230 g/mol. The highest BCUT2D eigenvalue weighted by molar-refractivity contribution is 6.30. The molecule has 96 valence electrons. The molecule has 0 fully saturated rings. The molecule has 1 aromatic carbocycles. The molecule has 0 aromatic heterocycles. The van der Waals surface area contributed by atoms with Crippen LogP contribution in [0.5, 0.6) is 0 Å². The molecule has 0 spiro atoms. The van der Waals surface area contributed by atoms with Gasteiger partial charge in [-0.25, -0.2) is 0 Å². The van der Waals surface area contributed by atoms with Gasteiger partial charge in [0.2, 0.25) is 0 Å². The Morgan fingerprint density at radius 2 is 2.00 bits per heavy atom. The van der Waals surface area contributed by atoms with Gasteiger partial charge in [-0.1, -0.05) is 44.0 Å². The van der Waals surface area contributed by atoms with Gasteiger partial charge >= 0.3 is 0 Å². The highest BCUT2D eigenvalue weighted by Crippen LogP contribution is 2.14. The maximum Gasteiger partial charge on any atom is 0.0408 e. The summed E-state index contributed by atoms with van der Waals surface area (Å²) >= 11 is 5.99. The lowest BCUT2D eigenvalue weighted by molar-refractivity contribution is 0.449. The summed E-state index contributed by atoms with van der Waals surface area (Å²) in [4.78, 5) is 0. The Hall–Kier alpha value is -0.530. The maximum absolute atomic E-state index is 5.99. The Kier molecular flexibility index (Phi) is 7.30. The predicted octanol–water partition coefficient (Wildman–Crippen LogP) is 4.44. The zero-order valence-corrected chi connectivity index (χ0v) is 11.8. The Labute approximate surface area is 111 Å². The van der Waals surface area contributed by atoms with Gasteiger partial charge in [0.25, 0.3) is 0 Å². The zero-order valence-electron chi connectivity index (χ0n) is 11.0. The monoisotopic (exact) mass is 253 g/mol. The zero-order chi connectivity index (χ0) is 12.5. The summed E-state index contributed by atoms with van der Waals surface area (Å²) in [6, 6.07) is 8.86. The summed E-state index contributed by atoms with van der Waals surface area (Å²) in [6.07, 6.45) is 6.03. The summed E-state index contributed by atoms with van der Waals surface area (Å²) in [6.45, 7) is 5.59. The number of aryl methyl sites for hydroxylation is 1. The Morgan fingerprint density at radius 3 is 2.65 bits per heavy atom. The fraction of sp³-hybridized carbons (Fsp3) is 0.600. The van der Waals surface area contributed by atoms with Gasteiger partial charge in [-0.3, -0.25) is 0 Å². The third kappa shape index (κ3) is 6.09. The number of benzene rings is 1. The first-order chi connectivity index (χ1) is 8.26. The maximum atomic E-state index is 5.99. The van der Waals surface area contributed by atoms with E-state index in [2.05, 4.69) is 31.3 Å². The average Bonchev–Trinajstić information content (AvgIpc) is 2.33. The van der Waals surface area contributed by atoms with Crippen molar-refractivity contribution in [2.75, 3.05) is 6.54 Å². The van der Waals surface area contributed by atoms with Crippen LogP contribution in [0, 0.1) is 0 Å². The molecule has 17 heavy (non-hydrogen) atoms. The normalized spacial score (nSPS) is 12.6. The molecule has 1 aromatic rings. The molecule has 0 radical (unpaired) electrons. The molecule has 0 heterocycles. The first-order valence-corrected chi connectivity index (χ1v) is 7.11. The van der Waals surface area contributed by atoms with Gasteiger partial charge in [0.15, 0.2) is 0 Å². The lowest BCUT2D eigenvalue weighted by Crippen LogP contribution is -2.30. The molecule has 0 aliphatic carbocycles. The quantitative estimate of drug-likeness (QED) is 0.722. The van der Waals surface area contributed by atoms with Crippen LogP contribution in [0.3, 0.4) is 0 Å². The minimum atomic E-state index is 0.652. The van der Waals surface area contributed by atoms with E-state index in [1.807, 2.05) is 12.1 Å². The van der Waals surface area contributed by atoms with Gasteiger partial charge in [-0.15, -0.1) is 0 Å². The smallest absolute Gasteiger partial charge is 0.0408 e. The second kappa shape index (κ2) is 8.54. The number of nitrogens with one attached hydrogen (secondary N) is 1. The summed E-state index contributed by atoms with van der Waals surface area (Å²) < 4.78 is 0. The van der Waals surface area contributed by atoms with Gasteiger partial charge in [0.1, 0.15) is 0 Å². The first kappa shape index (κ1) is 14.5. The van der Waals surface area contributed by atoms with E-state index in [0.29, 0.717) is 6.04 Å². The molecule has 1 rings (SSSR count). The fourth-order valence-corrected chi connectivity index (χ4v) is 2.29. The molecule has 0 aliphatic heterocycles. The van der Waals surface area contributed by atoms with Crippen LogP contribution in [0.25, 0.3) is 0 Å². The Balaban J connectivity index is 2.39. The van der Waals surface area contributed by atoms with E-state index >= 15 is 0 Å². The second-order valence-corrected chi connectivity index (χ2v) is 5.04. The summed E-state index contributed by atoms with van der Waals surface area (Å²) in [5.41, 5.74) is 1.34. The van der Waals surface area contributed by atoms with Crippen molar-refractivity contribution in [3.8, 4) is 0 Å². The van der Waals surface area contributed by atoms with E-state index in [0.717, 1.165) is 18.0 Å². The van der Waals surface area contributed by atoms with Gasteiger partial charge in [0, 0.05) is 11.1 Å². The van der Waals surface area contributed by atoms with Crippen molar-refractivity contribution < 1.29 is 0 Å². The topological polar surface area (TPSA) is 12.0 Å². The molecule has 1 N–H and O–H groups in total. The van der Waals surface area contributed by atoms with Crippen molar-refractivity contribution in [1.82, 2.24) is 5.32 Å². The van der Waals surface area contributed by atoms with Crippen LogP contribution in [-0.4, -0.2) is 12.6 Å². The van der Waals surface area contributed by atoms with E-state index in [4.69, 9.17) is 11.6 Å². The van der Waals surface area contributed by atoms with Gasteiger partial charge in [0.05, 0.1) is 0 Å². The van der Waals surface area contributed by atoms with E-state index in [1.165, 1.54) is 31.2 Å². The minimum absolute atomic E-state index is 0.652. The van der Waals surface area contributed by atoms with Crippen molar-refractivity contribution >= 4 is 11.6 Å². The van der Waals surface area contributed by atoms with E-state index in [9.17, 15) is 0 Å². The number of halogens is 1. The largest absolute Gasteiger partial charge is 0.314 e. The molecule has 1 nitrogen and oxygen atoms in total. The molecule has 1 unspecified atom stereocenters. The van der Waals surface area contributed by atoms with Gasteiger partial charge in [-0.2, -0.15) is 0 Å². The molecule has 0 bridgehead atoms. The molecule has 1 atom stereocenters. The lowest BCUT2D eigenvalue weighted by atomic mass is 10.0. The van der Waals surface area contributed by atoms with Crippen LogP contribution in [0.4, 0.5) is 0 Å². The molecule has 0 saturated heterocycles. The van der Waals surface area contributed by atoms with Crippen molar-refractivity contribution in [3.63, 3.8) is 0 Å². The molecule has 0 amide bonds. The molecule has 0 aliphatic rings. The van der Waals surface area contributed by atoms with Gasteiger partial charge < -0.3 is 5.32 Å². The van der Waals surface area contributed by atoms with Crippen molar-refractivity contribution in [2.45, 2.75) is 52.0 Å². The van der Waals surface area contributed by atoms with Crippen molar-refractivity contribution in [3.05, 3.63) is 34.9 Å². The van der Waals surface area contributed by atoms with Crippen molar-refractivity contribution in [1.29, 1.82) is 0 Å². The van der Waals surface area contributed by atoms with Gasteiger partial charge in [-0.05, 0) is 49.9 Å². The first-order valence-electron chi connectivity index (χ1n) is 6.74. The van der Waals surface area contributed by atoms with Crippen LogP contribution in [0.1, 0.15) is 45.1 Å². The van der Waals surface area contributed by atoms with Crippen LogP contribution in [0.2, 0.25) is 5.02 Å². The Morgan fingerprint density at radius 1 is 1.18 bits per heavy atom. The molecular formula is C15H24ClN. The highest BCUT2D eigenvalue weighted by atomic mass is 35.5. The third-order valence-corrected chi connectivity index (χ3v) is 3.23. The Bertz CT molecular complexity index is 312. The average molecular weight is 254 g/mol.